The van der Waals surface area contributed by atoms with Gasteiger partial charge < -0.3 is 14.6 Å². The van der Waals surface area contributed by atoms with Gasteiger partial charge in [0.25, 0.3) is 0 Å². The molecule has 0 bridgehead atoms. The van der Waals surface area contributed by atoms with Gasteiger partial charge in [-0.15, -0.1) is 0 Å². The first-order chi connectivity index (χ1) is 8.74. The molecule has 1 aliphatic heterocycles. The quantitative estimate of drug-likeness (QED) is 0.715. The average Bonchev–Trinajstić information content (AvgIpc) is 2.99. The van der Waals surface area contributed by atoms with E-state index in [1.165, 1.54) is 0 Å². The fraction of sp³-hybridized carbons (Fsp3) is 0.929. The Morgan fingerprint density at radius 1 is 1.42 bits per heavy atom. The van der Waals surface area contributed by atoms with Gasteiger partial charge in [0.2, 0.25) is 0 Å². The number of hydrogen-bond donors (Lipinski definition) is 1. The molecule has 5 nitrogen and oxygen atoms in total. The summed E-state index contributed by atoms with van der Waals surface area (Å²) >= 11 is 0. The van der Waals surface area contributed by atoms with E-state index >= 15 is 0 Å². The number of nitriles is 1. The van der Waals surface area contributed by atoms with Crippen LogP contribution in [0.1, 0.15) is 47.0 Å². The van der Waals surface area contributed by atoms with Gasteiger partial charge in [-0.3, -0.25) is 4.90 Å². The van der Waals surface area contributed by atoms with Gasteiger partial charge in [0.05, 0.1) is 23.8 Å². The molecular formula is C14H26N2O3. The fourth-order valence-electron chi connectivity index (χ4n) is 1.96. The summed E-state index contributed by atoms with van der Waals surface area (Å²) in [6, 6.07) is 2.09. The SMILES string of the molecule is CC(O)CCCC(C#N)N(C)C1OC1OC(C)(C)C. The molecule has 4 atom stereocenters. The summed E-state index contributed by atoms with van der Waals surface area (Å²) in [5, 5.41) is 18.4. The third-order valence-electron chi connectivity index (χ3n) is 3.04. The summed E-state index contributed by atoms with van der Waals surface area (Å²) in [4.78, 5) is 1.92. The van der Waals surface area contributed by atoms with Crippen molar-refractivity contribution < 1.29 is 14.6 Å². The smallest absolute Gasteiger partial charge is 0.200 e. The van der Waals surface area contributed by atoms with Crippen molar-refractivity contribution in [1.82, 2.24) is 4.90 Å². The molecule has 19 heavy (non-hydrogen) atoms. The van der Waals surface area contributed by atoms with Crippen LogP contribution in [-0.4, -0.2) is 47.3 Å². The van der Waals surface area contributed by atoms with Crippen molar-refractivity contribution in [2.45, 2.75) is 77.2 Å². The molecule has 4 unspecified atom stereocenters. The van der Waals surface area contributed by atoms with Crippen molar-refractivity contribution in [2.24, 2.45) is 0 Å². The molecule has 1 N–H and O–H groups in total. The van der Waals surface area contributed by atoms with E-state index in [1.54, 1.807) is 6.92 Å². The number of epoxide rings is 1. The van der Waals surface area contributed by atoms with E-state index in [-0.39, 0.29) is 30.3 Å². The molecule has 110 valence electrons. The number of ether oxygens (including phenoxy) is 2. The van der Waals surface area contributed by atoms with Gasteiger partial charge in [-0.25, -0.2) is 0 Å². The molecule has 0 aromatic carbocycles. The minimum Gasteiger partial charge on any atom is -0.393 e. The monoisotopic (exact) mass is 270 g/mol. The molecule has 1 fully saturated rings. The van der Waals surface area contributed by atoms with Crippen LogP contribution in [0, 0.1) is 11.3 Å². The van der Waals surface area contributed by atoms with Gasteiger partial charge >= 0.3 is 0 Å². The predicted octanol–water partition coefficient (Wildman–Crippen LogP) is 1.86. The highest BCUT2D eigenvalue weighted by atomic mass is 16.8. The van der Waals surface area contributed by atoms with Crippen molar-refractivity contribution in [2.75, 3.05) is 7.05 Å². The molecule has 0 saturated carbocycles. The standard InChI is InChI=1S/C14H26N2O3/c1-10(17)7-6-8-11(9-15)16(5)12-13(18-12)19-14(2,3)4/h10-13,17H,6-8H2,1-5H3. The maximum absolute atomic E-state index is 9.23. The molecule has 1 aliphatic rings. The Balaban J connectivity index is 2.35. The van der Waals surface area contributed by atoms with E-state index in [0.29, 0.717) is 0 Å². The Labute approximate surface area is 116 Å². The molecule has 0 aliphatic carbocycles. The molecule has 1 saturated heterocycles. The molecule has 1 heterocycles. The number of hydrogen-bond acceptors (Lipinski definition) is 5. The second-order valence-corrected chi connectivity index (χ2v) is 6.22. The minimum atomic E-state index is -0.307. The van der Waals surface area contributed by atoms with Crippen LogP contribution in [0.4, 0.5) is 0 Å². The van der Waals surface area contributed by atoms with Crippen LogP contribution in [0.25, 0.3) is 0 Å². The third-order valence-corrected chi connectivity index (χ3v) is 3.04. The Kier molecular flexibility index (Phi) is 5.75. The topological polar surface area (TPSA) is 69.0 Å². The first-order valence-electron chi connectivity index (χ1n) is 6.87. The second-order valence-electron chi connectivity index (χ2n) is 6.22. The summed E-state index contributed by atoms with van der Waals surface area (Å²) < 4.78 is 11.2. The average molecular weight is 270 g/mol. The highest BCUT2D eigenvalue weighted by molar-refractivity contribution is 4.95. The lowest BCUT2D eigenvalue weighted by molar-refractivity contribution is -0.0577. The summed E-state index contributed by atoms with van der Waals surface area (Å²) in [5.41, 5.74) is -0.241. The van der Waals surface area contributed by atoms with Crippen molar-refractivity contribution >= 4 is 0 Å². The van der Waals surface area contributed by atoms with E-state index in [1.807, 2.05) is 32.7 Å². The molecule has 5 heteroatoms. The molecule has 0 radical (unpaired) electrons. The van der Waals surface area contributed by atoms with Gasteiger partial charge in [-0.2, -0.15) is 5.26 Å². The van der Waals surface area contributed by atoms with Crippen LogP contribution >= 0.6 is 0 Å². The number of nitrogens with zero attached hydrogens (tertiary/aromatic N) is 2. The minimum absolute atomic E-state index is 0.129. The number of aliphatic hydroxyl groups is 1. The van der Waals surface area contributed by atoms with Crippen molar-refractivity contribution in [3.63, 3.8) is 0 Å². The van der Waals surface area contributed by atoms with E-state index < -0.39 is 0 Å². The van der Waals surface area contributed by atoms with Gasteiger partial charge in [0, 0.05) is 0 Å². The van der Waals surface area contributed by atoms with E-state index in [2.05, 4.69) is 6.07 Å². The van der Waals surface area contributed by atoms with Crippen molar-refractivity contribution in [3.05, 3.63) is 0 Å². The largest absolute Gasteiger partial charge is 0.393 e. The maximum atomic E-state index is 9.23. The summed E-state index contributed by atoms with van der Waals surface area (Å²) in [6.07, 6.45) is 1.61. The lowest BCUT2D eigenvalue weighted by Crippen LogP contribution is -2.35. The number of aliphatic hydroxyl groups excluding tert-OH is 1. The molecule has 0 spiro atoms. The Morgan fingerprint density at radius 3 is 2.53 bits per heavy atom. The normalized spacial score (nSPS) is 26.0. The third kappa shape index (κ3) is 5.87. The zero-order valence-electron chi connectivity index (χ0n) is 12.6. The summed E-state index contributed by atoms with van der Waals surface area (Å²) in [6.45, 7) is 7.71. The molecule has 0 aromatic heterocycles. The highest BCUT2D eigenvalue weighted by Gasteiger charge is 2.47. The van der Waals surface area contributed by atoms with Crippen LogP contribution in [0.5, 0.6) is 0 Å². The highest BCUT2D eigenvalue weighted by Crippen LogP contribution is 2.31. The van der Waals surface area contributed by atoms with Crippen LogP contribution < -0.4 is 0 Å². The van der Waals surface area contributed by atoms with E-state index in [4.69, 9.17) is 9.47 Å². The van der Waals surface area contributed by atoms with Gasteiger partial charge in [-0.1, -0.05) is 0 Å². The summed E-state index contributed by atoms with van der Waals surface area (Å²) in [5.74, 6) is 0. The number of rotatable bonds is 7. The molecular weight excluding hydrogens is 244 g/mol. The zero-order valence-corrected chi connectivity index (χ0v) is 12.6. The van der Waals surface area contributed by atoms with Crippen LogP contribution in [0.3, 0.4) is 0 Å². The first kappa shape index (κ1) is 16.4. The Hall–Kier alpha value is -0.670. The Bertz CT molecular complexity index is 320. The molecule has 1 rings (SSSR count). The molecule has 0 amide bonds. The lowest BCUT2D eigenvalue weighted by atomic mass is 10.1. The number of likely N-dealkylation sites (N-methyl/N-ethyl adjacent to an activating group) is 1. The van der Waals surface area contributed by atoms with Crippen LogP contribution in [0.2, 0.25) is 0 Å². The fourth-order valence-corrected chi connectivity index (χ4v) is 1.96. The maximum Gasteiger partial charge on any atom is 0.200 e. The zero-order chi connectivity index (χ0) is 14.6. The lowest BCUT2D eigenvalue weighted by Gasteiger charge is -2.22. The molecule has 0 aromatic rings. The van der Waals surface area contributed by atoms with E-state index in [0.717, 1.165) is 19.3 Å². The van der Waals surface area contributed by atoms with E-state index in [9.17, 15) is 10.4 Å². The Morgan fingerprint density at radius 2 is 2.05 bits per heavy atom. The van der Waals surface area contributed by atoms with Crippen molar-refractivity contribution in [1.29, 1.82) is 5.26 Å². The van der Waals surface area contributed by atoms with Crippen LogP contribution in [0.15, 0.2) is 0 Å². The van der Waals surface area contributed by atoms with Gasteiger partial charge in [0.15, 0.2) is 12.5 Å². The summed E-state index contributed by atoms with van der Waals surface area (Å²) in [7, 11) is 1.88. The second kappa shape index (κ2) is 6.67. The predicted molar refractivity (Wildman–Crippen MR) is 72.2 cm³/mol. The van der Waals surface area contributed by atoms with Gasteiger partial charge in [0.1, 0.15) is 0 Å². The van der Waals surface area contributed by atoms with Gasteiger partial charge in [-0.05, 0) is 54.0 Å². The van der Waals surface area contributed by atoms with Crippen LogP contribution in [-0.2, 0) is 9.47 Å². The first-order valence-corrected chi connectivity index (χ1v) is 6.87. The van der Waals surface area contributed by atoms with Crippen molar-refractivity contribution in [3.8, 4) is 6.07 Å².